The first-order valence-corrected chi connectivity index (χ1v) is 9.88. The molecule has 0 fully saturated rings. The predicted molar refractivity (Wildman–Crippen MR) is 75.8 cm³/mol. The maximum absolute atomic E-state index is 6.11. The van der Waals surface area contributed by atoms with Crippen LogP contribution in [-0.4, -0.2) is 24.5 Å². The molecule has 5 heteroatoms. The third kappa shape index (κ3) is 4.08. The quantitative estimate of drug-likeness (QED) is 0.474. The topological polar surface area (TPSA) is 35.0 Å². The predicted octanol–water partition coefficient (Wildman–Crippen LogP) is 3.72. The summed E-state index contributed by atoms with van der Waals surface area (Å²) < 4.78 is 6.11. The molecule has 0 aromatic carbocycles. The highest BCUT2D eigenvalue weighted by atomic mass is 32.2. The average Bonchev–Trinajstić information content (AvgIpc) is 2.25. The molecule has 0 aliphatic rings. The molecule has 0 N–H and O–H groups in total. The van der Waals surface area contributed by atoms with Crippen molar-refractivity contribution < 1.29 is 4.43 Å². The SMILES string of the molecule is CSc1ncc(CO[Si](C)(C)C(C)(C)C)cn1. The Kier molecular flexibility index (Phi) is 4.74. The van der Waals surface area contributed by atoms with Gasteiger partial charge in [0.05, 0.1) is 6.61 Å². The largest absolute Gasteiger partial charge is 0.412 e. The van der Waals surface area contributed by atoms with Crippen LogP contribution < -0.4 is 0 Å². The molecule has 1 aromatic rings. The minimum absolute atomic E-state index is 0.243. The Balaban J connectivity index is 2.61. The van der Waals surface area contributed by atoms with Gasteiger partial charge in [-0.2, -0.15) is 0 Å². The molecular weight excluding hydrogens is 248 g/mol. The molecule has 0 bridgehead atoms. The van der Waals surface area contributed by atoms with Crippen molar-refractivity contribution in [2.45, 2.75) is 50.7 Å². The third-order valence-corrected chi connectivity index (χ3v) is 8.32. The fourth-order valence-electron chi connectivity index (χ4n) is 1.00. The van der Waals surface area contributed by atoms with Crippen molar-refractivity contribution in [3.05, 3.63) is 18.0 Å². The van der Waals surface area contributed by atoms with Gasteiger partial charge in [-0.1, -0.05) is 32.5 Å². The molecule has 0 aliphatic carbocycles. The number of thioether (sulfide) groups is 1. The maximum Gasteiger partial charge on any atom is 0.192 e. The van der Waals surface area contributed by atoms with E-state index in [1.165, 1.54) is 0 Å². The van der Waals surface area contributed by atoms with Crippen LogP contribution in [0.4, 0.5) is 0 Å². The summed E-state index contributed by atoms with van der Waals surface area (Å²) in [5, 5.41) is 1.05. The van der Waals surface area contributed by atoms with Crippen molar-refractivity contribution in [2.24, 2.45) is 0 Å². The lowest BCUT2D eigenvalue weighted by Crippen LogP contribution is -2.40. The lowest BCUT2D eigenvalue weighted by molar-refractivity contribution is 0.275. The highest BCUT2D eigenvalue weighted by Gasteiger charge is 2.36. The first kappa shape index (κ1) is 14.7. The van der Waals surface area contributed by atoms with E-state index in [1.807, 2.05) is 18.6 Å². The lowest BCUT2D eigenvalue weighted by atomic mass is 10.2. The maximum atomic E-state index is 6.11. The first-order valence-electron chi connectivity index (χ1n) is 5.75. The van der Waals surface area contributed by atoms with Crippen LogP contribution in [0.15, 0.2) is 17.6 Å². The zero-order chi connectivity index (χ0) is 13.1. The second-order valence-corrected chi connectivity index (χ2v) is 11.2. The standard InChI is InChI=1S/C12H22N2OSSi/c1-12(2,3)17(5,6)15-9-10-7-13-11(16-4)14-8-10/h7-8H,9H2,1-6H3. The number of hydrogen-bond acceptors (Lipinski definition) is 4. The lowest BCUT2D eigenvalue weighted by Gasteiger charge is -2.36. The van der Waals surface area contributed by atoms with Gasteiger partial charge in [-0.25, -0.2) is 9.97 Å². The Hall–Kier alpha value is -0.393. The van der Waals surface area contributed by atoms with Crippen molar-refractivity contribution >= 4 is 20.1 Å². The van der Waals surface area contributed by atoms with Gasteiger partial charge in [-0.3, -0.25) is 0 Å². The van der Waals surface area contributed by atoms with Gasteiger partial charge in [0.1, 0.15) is 0 Å². The molecule has 0 saturated carbocycles. The van der Waals surface area contributed by atoms with E-state index in [-0.39, 0.29) is 5.04 Å². The van der Waals surface area contributed by atoms with Gasteiger partial charge in [0.2, 0.25) is 0 Å². The van der Waals surface area contributed by atoms with E-state index in [0.717, 1.165) is 10.7 Å². The smallest absolute Gasteiger partial charge is 0.192 e. The second-order valence-electron chi connectivity index (χ2n) is 5.63. The van der Waals surface area contributed by atoms with Gasteiger partial charge in [0, 0.05) is 18.0 Å². The molecular formula is C12H22N2OSSi. The first-order chi connectivity index (χ1) is 7.76. The Labute approximate surface area is 110 Å². The van der Waals surface area contributed by atoms with Crippen LogP contribution in [0.5, 0.6) is 0 Å². The number of hydrogen-bond donors (Lipinski definition) is 0. The van der Waals surface area contributed by atoms with Crippen LogP contribution >= 0.6 is 11.8 Å². The van der Waals surface area contributed by atoms with E-state index in [4.69, 9.17) is 4.43 Å². The summed E-state index contributed by atoms with van der Waals surface area (Å²) in [7, 11) is -1.67. The molecule has 3 nitrogen and oxygen atoms in total. The Morgan fingerprint density at radius 3 is 2.18 bits per heavy atom. The minimum Gasteiger partial charge on any atom is -0.412 e. The Bertz CT molecular complexity index is 360. The summed E-state index contributed by atoms with van der Waals surface area (Å²) >= 11 is 1.55. The van der Waals surface area contributed by atoms with Crippen molar-refractivity contribution in [2.75, 3.05) is 6.26 Å². The minimum atomic E-state index is -1.67. The van der Waals surface area contributed by atoms with Crippen LogP contribution in [-0.2, 0) is 11.0 Å². The Morgan fingerprint density at radius 2 is 1.76 bits per heavy atom. The van der Waals surface area contributed by atoms with Gasteiger partial charge in [-0.05, 0) is 24.4 Å². The summed E-state index contributed by atoms with van der Waals surface area (Å²) in [5.74, 6) is 0. The highest BCUT2D eigenvalue weighted by molar-refractivity contribution is 7.98. The zero-order valence-corrected chi connectivity index (χ0v) is 13.4. The van der Waals surface area contributed by atoms with Crippen molar-refractivity contribution in [3.63, 3.8) is 0 Å². The van der Waals surface area contributed by atoms with Gasteiger partial charge in [-0.15, -0.1) is 0 Å². The van der Waals surface area contributed by atoms with Crippen LogP contribution in [0.25, 0.3) is 0 Å². The normalized spacial score (nSPS) is 12.8. The van der Waals surface area contributed by atoms with Crippen LogP contribution in [0, 0.1) is 0 Å². The van der Waals surface area contributed by atoms with E-state index in [9.17, 15) is 0 Å². The molecule has 17 heavy (non-hydrogen) atoms. The molecule has 0 amide bonds. The van der Waals surface area contributed by atoms with Gasteiger partial charge in [0.25, 0.3) is 0 Å². The molecule has 1 aromatic heterocycles. The van der Waals surface area contributed by atoms with E-state index in [2.05, 4.69) is 43.8 Å². The Morgan fingerprint density at radius 1 is 1.24 bits per heavy atom. The highest BCUT2D eigenvalue weighted by Crippen LogP contribution is 2.36. The molecule has 0 atom stereocenters. The van der Waals surface area contributed by atoms with Crippen molar-refractivity contribution in [3.8, 4) is 0 Å². The molecule has 1 heterocycles. The van der Waals surface area contributed by atoms with Crippen LogP contribution in [0.3, 0.4) is 0 Å². The summed E-state index contributed by atoms with van der Waals surface area (Å²) in [6, 6.07) is 0. The van der Waals surface area contributed by atoms with E-state index < -0.39 is 8.32 Å². The van der Waals surface area contributed by atoms with Gasteiger partial charge >= 0.3 is 0 Å². The molecule has 1 rings (SSSR count). The summed E-state index contributed by atoms with van der Waals surface area (Å²) in [4.78, 5) is 8.49. The van der Waals surface area contributed by atoms with Gasteiger partial charge < -0.3 is 4.43 Å². The van der Waals surface area contributed by atoms with Crippen molar-refractivity contribution in [1.29, 1.82) is 0 Å². The summed E-state index contributed by atoms with van der Waals surface area (Å²) in [6.07, 6.45) is 5.68. The second kappa shape index (κ2) is 5.50. The molecule has 0 saturated heterocycles. The molecule has 96 valence electrons. The molecule has 0 unspecified atom stereocenters. The average molecular weight is 270 g/mol. The van der Waals surface area contributed by atoms with Crippen molar-refractivity contribution in [1.82, 2.24) is 9.97 Å². The summed E-state index contributed by atoms with van der Waals surface area (Å²) in [6.45, 7) is 11.9. The zero-order valence-electron chi connectivity index (χ0n) is 11.6. The monoisotopic (exact) mass is 270 g/mol. The fraction of sp³-hybridized carbons (Fsp3) is 0.667. The van der Waals surface area contributed by atoms with E-state index in [0.29, 0.717) is 6.61 Å². The number of aromatic nitrogens is 2. The number of rotatable bonds is 4. The van der Waals surface area contributed by atoms with Crippen LogP contribution in [0.1, 0.15) is 26.3 Å². The fourth-order valence-corrected chi connectivity index (χ4v) is 2.28. The molecule has 0 spiro atoms. The van der Waals surface area contributed by atoms with Crippen LogP contribution in [0.2, 0.25) is 18.1 Å². The molecule has 0 aliphatic heterocycles. The molecule has 0 radical (unpaired) electrons. The van der Waals surface area contributed by atoms with Gasteiger partial charge in [0.15, 0.2) is 13.5 Å². The third-order valence-electron chi connectivity index (χ3n) is 3.27. The van der Waals surface area contributed by atoms with E-state index in [1.54, 1.807) is 11.8 Å². The number of nitrogens with zero attached hydrogens (tertiary/aromatic N) is 2. The van der Waals surface area contributed by atoms with E-state index >= 15 is 0 Å². The summed E-state index contributed by atoms with van der Waals surface area (Å²) in [5.41, 5.74) is 1.05.